The van der Waals surface area contributed by atoms with Crippen molar-refractivity contribution < 1.29 is 4.79 Å². The van der Waals surface area contributed by atoms with Crippen LogP contribution in [-0.2, 0) is 13.0 Å². The number of rotatable bonds is 8. The minimum Gasteiger partial charge on any atom is -0.357 e. The molecule has 5 nitrogen and oxygen atoms in total. The molecular weight excluding hydrogens is 344 g/mol. The first kappa shape index (κ1) is 20.0. The van der Waals surface area contributed by atoms with E-state index < -0.39 is 0 Å². The zero-order chi connectivity index (χ0) is 18.8. The fraction of sp³-hybridized carbons (Fsp3) is 0.400. The average Bonchev–Trinajstić information content (AvgIpc) is 3.16. The van der Waals surface area contributed by atoms with E-state index in [4.69, 9.17) is 0 Å². The molecule has 0 saturated carbocycles. The van der Waals surface area contributed by atoms with Crippen LogP contribution in [0.5, 0.6) is 0 Å². The van der Waals surface area contributed by atoms with Crippen molar-refractivity contribution in [3.05, 3.63) is 57.8 Å². The Morgan fingerprint density at radius 2 is 1.96 bits per heavy atom. The molecule has 1 unspecified atom stereocenters. The molecule has 0 aliphatic carbocycles. The lowest BCUT2D eigenvalue weighted by atomic mass is 10.1. The van der Waals surface area contributed by atoms with Gasteiger partial charge in [0.05, 0.1) is 6.54 Å². The second-order valence-corrected chi connectivity index (χ2v) is 7.27. The van der Waals surface area contributed by atoms with Crippen LogP contribution in [0.3, 0.4) is 0 Å². The average molecular weight is 373 g/mol. The molecule has 26 heavy (non-hydrogen) atoms. The Morgan fingerprint density at radius 1 is 1.19 bits per heavy atom. The molecule has 0 spiro atoms. The maximum absolute atomic E-state index is 11.6. The van der Waals surface area contributed by atoms with Crippen molar-refractivity contribution in [2.75, 3.05) is 20.1 Å². The number of guanidine groups is 1. The molecule has 1 heterocycles. The monoisotopic (exact) mass is 372 g/mol. The van der Waals surface area contributed by atoms with Crippen LogP contribution < -0.4 is 16.0 Å². The second kappa shape index (κ2) is 10.6. The quantitative estimate of drug-likeness (QED) is 0.493. The lowest BCUT2D eigenvalue weighted by Gasteiger charge is -2.15. The van der Waals surface area contributed by atoms with Gasteiger partial charge in [0.25, 0.3) is 5.91 Å². The van der Waals surface area contributed by atoms with Crippen LogP contribution in [0.15, 0.2) is 46.8 Å². The van der Waals surface area contributed by atoms with Crippen LogP contribution in [0, 0.1) is 5.92 Å². The number of thiophene rings is 1. The summed E-state index contributed by atoms with van der Waals surface area (Å²) in [4.78, 5) is 17.6. The number of hydrogen-bond acceptors (Lipinski definition) is 3. The van der Waals surface area contributed by atoms with E-state index in [1.165, 1.54) is 4.88 Å². The minimum absolute atomic E-state index is 0.0743. The molecule has 1 aromatic carbocycles. The van der Waals surface area contributed by atoms with E-state index in [0.717, 1.165) is 31.0 Å². The van der Waals surface area contributed by atoms with Gasteiger partial charge >= 0.3 is 0 Å². The number of hydrogen-bond donors (Lipinski definition) is 3. The number of carbonyl (C=O) groups is 1. The van der Waals surface area contributed by atoms with Crippen LogP contribution in [0.4, 0.5) is 0 Å². The molecule has 3 N–H and O–H groups in total. The SMILES string of the molecule is CCNC(=NCc1ccc(C(=O)NC)cc1)NCC(C)Cc1cccs1. The van der Waals surface area contributed by atoms with Crippen molar-refractivity contribution in [3.63, 3.8) is 0 Å². The van der Waals surface area contributed by atoms with Gasteiger partial charge in [0.1, 0.15) is 0 Å². The van der Waals surface area contributed by atoms with E-state index in [0.29, 0.717) is 18.0 Å². The highest BCUT2D eigenvalue weighted by Crippen LogP contribution is 2.13. The van der Waals surface area contributed by atoms with Crippen LogP contribution in [0.25, 0.3) is 0 Å². The normalized spacial score (nSPS) is 12.5. The third kappa shape index (κ3) is 6.52. The summed E-state index contributed by atoms with van der Waals surface area (Å²) in [5.41, 5.74) is 1.73. The van der Waals surface area contributed by atoms with Gasteiger partial charge in [-0.1, -0.05) is 25.1 Å². The summed E-state index contributed by atoms with van der Waals surface area (Å²) in [7, 11) is 1.63. The van der Waals surface area contributed by atoms with Gasteiger partial charge in [0.15, 0.2) is 5.96 Å². The topological polar surface area (TPSA) is 65.5 Å². The van der Waals surface area contributed by atoms with Crippen molar-refractivity contribution in [2.45, 2.75) is 26.8 Å². The second-order valence-electron chi connectivity index (χ2n) is 6.24. The Balaban J connectivity index is 1.88. The Bertz CT molecular complexity index is 695. The fourth-order valence-electron chi connectivity index (χ4n) is 2.53. The first-order chi connectivity index (χ1) is 12.6. The van der Waals surface area contributed by atoms with Crippen molar-refractivity contribution in [3.8, 4) is 0 Å². The lowest BCUT2D eigenvalue weighted by Crippen LogP contribution is -2.39. The summed E-state index contributed by atoms with van der Waals surface area (Å²) in [5, 5.41) is 11.5. The van der Waals surface area contributed by atoms with Crippen LogP contribution >= 0.6 is 11.3 Å². The zero-order valence-electron chi connectivity index (χ0n) is 15.7. The van der Waals surface area contributed by atoms with E-state index in [2.05, 4.69) is 52.3 Å². The number of benzene rings is 1. The molecule has 1 amide bonds. The molecular formula is C20H28N4OS. The predicted octanol–water partition coefficient (Wildman–Crippen LogP) is 3.04. The van der Waals surface area contributed by atoms with E-state index in [1.54, 1.807) is 18.4 Å². The minimum atomic E-state index is -0.0743. The summed E-state index contributed by atoms with van der Waals surface area (Å²) in [6.45, 7) is 6.57. The van der Waals surface area contributed by atoms with Crippen molar-refractivity contribution in [2.24, 2.45) is 10.9 Å². The largest absolute Gasteiger partial charge is 0.357 e. The number of amides is 1. The van der Waals surface area contributed by atoms with Crippen LogP contribution in [0.1, 0.15) is 34.6 Å². The van der Waals surface area contributed by atoms with E-state index in [9.17, 15) is 4.79 Å². The third-order valence-corrected chi connectivity index (χ3v) is 4.85. The van der Waals surface area contributed by atoms with Gasteiger partial charge in [0, 0.05) is 30.6 Å². The number of carbonyl (C=O) groups excluding carboxylic acids is 1. The Labute approximate surface area is 159 Å². The molecule has 0 radical (unpaired) electrons. The highest BCUT2D eigenvalue weighted by Gasteiger charge is 2.06. The first-order valence-corrected chi connectivity index (χ1v) is 9.86. The summed E-state index contributed by atoms with van der Waals surface area (Å²) in [6, 6.07) is 11.8. The van der Waals surface area contributed by atoms with Gasteiger partial charge in [-0.3, -0.25) is 4.79 Å². The summed E-state index contributed by atoms with van der Waals surface area (Å²) >= 11 is 1.81. The Hall–Kier alpha value is -2.34. The van der Waals surface area contributed by atoms with E-state index in [1.807, 2.05) is 24.3 Å². The number of nitrogens with zero attached hydrogens (tertiary/aromatic N) is 1. The zero-order valence-corrected chi connectivity index (χ0v) is 16.5. The molecule has 1 atom stereocenters. The van der Waals surface area contributed by atoms with Gasteiger partial charge in [-0.15, -0.1) is 11.3 Å². The van der Waals surface area contributed by atoms with Crippen LogP contribution in [-0.4, -0.2) is 32.0 Å². The Morgan fingerprint density at radius 3 is 2.58 bits per heavy atom. The van der Waals surface area contributed by atoms with E-state index in [-0.39, 0.29) is 5.91 Å². The number of aliphatic imine (C=N–C) groups is 1. The standard InChI is InChI=1S/C20H28N4OS/c1-4-22-20(23-13-15(2)12-18-6-5-11-26-18)24-14-16-7-9-17(10-8-16)19(25)21-3/h5-11,15H,4,12-14H2,1-3H3,(H,21,25)(H2,22,23,24). The molecule has 0 fully saturated rings. The summed E-state index contributed by atoms with van der Waals surface area (Å²) in [5.74, 6) is 1.28. The summed E-state index contributed by atoms with van der Waals surface area (Å²) in [6.07, 6.45) is 1.07. The number of nitrogens with one attached hydrogen (secondary N) is 3. The van der Waals surface area contributed by atoms with Gasteiger partial charge in [-0.25, -0.2) is 4.99 Å². The third-order valence-electron chi connectivity index (χ3n) is 3.95. The maximum atomic E-state index is 11.6. The van der Waals surface area contributed by atoms with Crippen molar-refractivity contribution in [1.29, 1.82) is 0 Å². The van der Waals surface area contributed by atoms with Crippen molar-refractivity contribution >= 4 is 23.2 Å². The van der Waals surface area contributed by atoms with Gasteiger partial charge in [0.2, 0.25) is 0 Å². The molecule has 2 aromatic rings. The van der Waals surface area contributed by atoms with Crippen molar-refractivity contribution in [1.82, 2.24) is 16.0 Å². The van der Waals surface area contributed by atoms with Crippen LogP contribution in [0.2, 0.25) is 0 Å². The lowest BCUT2D eigenvalue weighted by molar-refractivity contribution is 0.0963. The molecule has 6 heteroatoms. The fourth-order valence-corrected chi connectivity index (χ4v) is 3.40. The molecule has 140 valence electrons. The van der Waals surface area contributed by atoms with Gasteiger partial charge < -0.3 is 16.0 Å². The highest BCUT2D eigenvalue weighted by molar-refractivity contribution is 7.09. The van der Waals surface area contributed by atoms with Gasteiger partial charge in [-0.2, -0.15) is 0 Å². The van der Waals surface area contributed by atoms with E-state index >= 15 is 0 Å². The maximum Gasteiger partial charge on any atom is 0.251 e. The first-order valence-electron chi connectivity index (χ1n) is 8.98. The molecule has 0 bridgehead atoms. The molecule has 1 aromatic heterocycles. The smallest absolute Gasteiger partial charge is 0.251 e. The molecule has 0 saturated heterocycles. The molecule has 0 aliphatic rings. The summed E-state index contributed by atoms with van der Waals surface area (Å²) < 4.78 is 0. The predicted molar refractivity (Wildman–Crippen MR) is 110 cm³/mol. The molecule has 2 rings (SSSR count). The molecule has 0 aliphatic heterocycles. The Kier molecular flexibility index (Phi) is 8.15. The highest BCUT2D eigenvalue weighted by atomic mass is 32.1. The van der Waals surface area contributed by atoms with Gasteiger partial charge in [-0.05, 0) is 48.4 Å².